The smallest absolute Gasteiger partial charge is 0.262 e. The van der Waals surface area contributed by atoms with Gasteiger partial charge in [0, 0.05) is 12.1 Å². The normalized spacial score (nSPS) is 10.7. The van der Waals surface area contributed by atoms with Crippen LogP contribution >= 0.6 is 0 Å². The molecule has 8 heteroatoms. The molecule has 4 rings (SSSR count). The Hall–Kier alpha value is -3.08. The van der Waals surface area contributed by atoms with Gasteiger partial charge in [0.15, 0.2) is 7.14 Å². The summed E-state index contributed by atoms with van der Waals surface area (Å²) in [4.78, 5) is 10.1. The second-order valence-electron chi connectivity index (χ2n) is 7.14. The first kappa shape index (κ1) is 25.5. The predicted octanol–water partition coefficient (Wildman–Crippen LogP) is 2.62. The van der Waals surface area contributed by atoms with Crippen LogP contribution in [0.2, 0.25) is 0 Å². The lowest BCUT2D eigenvalue weighted by Crippen LogP contribution is -3.61. The van der Waals surface area contributed by atoms with Crippen molar-refractivity contribution in [1.82, 2.24) is 0 Å². The molecule has 0 heterocycles. The number of nitrogens with zero attached hydrogens (tertiary/aromatic N) is 1. The first-order valence-electron chi connectivity index (χ1n) is 10.3. The second-order valence-corrected chi connectivity index (χ2v) is 11.8. The van der Waals surface area contributed by atoms with Gasteiger partial charge in [-0.15, -0.1) is 0 Å². The van der Waals surface area contributed by atoms with E-state index in [4.69, 9.17) is 4.18 Å². The van der Waals surface area contributed by atoms with Gasteiger partial charge in [-0.25, -0.2) is 0 Å². The highest BCUT2D eigenvalue weighted by molar-refractivity contribution is 7.86. The van der Waals surface area contributed by atoms with Crippen molar-refractivity contribution in [2.24, 2.45) is 0 Å². The van der Waals surface area contributed by atoms with Crippen LogP contribution in [0.15, 0.2) is 114 Å². The lowest BCUT2D eigenvalue weighted by atomic mass is 10.2. The third-order valence-corrected chi connectivity index (χ3v) is 8.48. The van der Waals surface area contributed by atoms with Crippen LogP contribution in [0.25, 0.3) is 0 Å². The summed E-state index contributed by atoms with van der Waals surface area (Å²) in [5.41, 5.74) is 1.43. The van der Waals surface area contributed by atoms with Gasteiger partial charge in [-0.05, 0) is 61.0 Å². The van der Waals surface area contributed by atoms with Crippen LogP contribution in [0.5, 0.6) is 0 Å². The zero-order valence-electron chi connectivity index (χ0n) is 18.4. The maximum absolute atomic E-state index is 12.0. The SMILES string of the molecule is Cc1ccc(S(=O)(=O)OCc2ccc([N+](=O)[O-])cc2)cc1.c1ccc([I+]c2ccccc2)cc1. The molecule has 0 unspecified atom stereocenters. The molecular weight excluding hydrogens is 565 g/mol. The van der Waals surface area contributed by atoms with Crippen molar-refractivity contribution in [2.45, 2.75) is 18.4 Å². The van der Waals surface area contributed by atoms with Crippen molar-refractivity contribution >= 4 is 15.8 Å². The van der Waals surface area contributed by atoms with Crippen LogP contribution in [0, 0.1) is 24.2 Å². The molecule has 0 saturated carbocycles. The summed E-state index contributed by atoms with van der Waals surface area (Å²) in [6, 6.07) is 33.2. The molecule has 0 radical (unpaired) electrons. The van der Waals surface area contributed by atoms with Crippen LogP contribution in [0.1, 0.15) is 11.1 Å². The van der Waals surface area contributed by atoms with Gasteiger partial charge in [0.1, 0.15) is 0 Å². The van der Waals surface area contributed by atoms with E-state index in [1.165, 1.54) is 43.5 Å². The monoisotopic (exact) mass is 588 g/mol. The Balaban J connectivity index is 0.000000212. The first-order valence-corrected chi connectivity index (χ1v) is 13.8. The zero-order chi connectivity index (χ0) is 24.4. The van der Waals surface area contributed by atoms with Crippen molar-refractivity contribution < 1.29 is 38.7 Å². The minimum absolute atomic E-state index is 0.0287. The number of benzene rings is 4. The van der Waals surface area contributed by atoms with Gasteiger partial charge in [-0.1, -0.05) is 54.1 Å². The fraction of sp³-hybridized carbons (Fsp3) is 0.0769. The van der Waals surface area contributed by atoms with E-state index in [1.54, 1.807) is 12.1 Å². The topological polar surface area (TPSA) is 86.5 Å². The summed E-state index contributed by atoms with van der Waals surface area (Å²) >= 11 is 0.0287. The molecule has 0 fully saturated rings. The molecule has 0 amide bonds. The van der Waals surface area contributed by atoms with Gasteiger partial charge in [-0.2, -0.15) is 8.42 Å². The van der Waals surface area contributed by atoms with Gasteiger partial charge >= 0.3 is 21.2 Å². The van der Waals surface area contributed by atoms with E-state index in [2.05, 4.69) is 60.7 Å². The minimum atomic E-state index is -3.84. The van der Waals surface area contributed by atoms with Gasteiger partial charge in [-0.3, -0.25) is 14.3 Å². The zero-order valence-corrected chi connectivity index (χ0v) is 21.3. The number of non-ortho nitro benzene ring substituents is 1. The molecule has 0 aliphatic rings. The van der Waals surface area contributed by atoms with E-state index in [0.29, 0.717) is 5.56 Å². The van der Waals surface area contributed by atoms with Crippen LogP contribution in [0.3, 0.4) is 0 Å². The lowest BCUT2D eigenvalue weighted by Gasteiger charge is -2.06. The van der Waals surface area contributed by atoms with E-state index >= 15 is 0 Å². The summed E-state index contributed by atoms with van der Waals surface area (Å²) in [6.07, 6.45) is 0. The summed E-state index contributed by atoms with van der Waals surface area (Å²) in [5.74, 6) is 0. The van der Waals surface area contributed by atoms with Crippen LogP contribution in [0.4, 0.5) is 5.69 Å². The Morgan fingerprint density at radius 2 is 1.26 bits per heavy atom. The van der Waals surface area contributed by atoms with E-state index in [1.807, 2.05) is 6.92 Å². The maximum atomic E-state index is 12.0. The second kappa shape index (κ2) is 12.4. The van der Waals surface area contributed by atoms with E-state index in [9.17, 15) is 18.5 Å². The Kier molecular flexibility index (Phi) is 9.32. The highest BCUT2D eigenvalue weighted by atomic mass is 127. The molecule has 174 valence electrons. The van der Waals surface area contributed by atoms with Crippen molar-refractivity contribution in [1.29, 1.82) is 0 Å². The van der Waals surface area contributed by atoms with Crippen LogP contribution in [-0.2, 0) is 20.9 Å². The Bertz CT molecular complexity index is 1260. The largest absolute Gasteiger partial charge is 0.357 e. The summed E-state index contributed by atoms with van der Waals surface area (Å²) in [6.45, 7) is 1.68. The minimum Gasteiger partial charge on any atom is -0.262 e. The third kappa shape index (κ3) is 8.05. The van der Waals surface area contributed by atoms with Crippen LogP contribution in [-0.4, -0.2) is 13.3 Å². The van der Waals surface area contributed by atoms with Crippen molar-refractivity contribution in [3.63, 3.8) is 0 Å². The molecule has 0 N–H and O–H groups in total. The predicted molar refractivity (Wildman–Crippen MR) is 127 cm³/mol. The van der Waals surface area contributed by atoms with Gasteiger partial charge < -0.3 is 0 Å². The molecule has 0 aliphatic carbocycles. The number of nitro benzene ring substituents is 1. The van der Waals surface area contributed by atoms with Crippen molar-refractivity contribution in [3.8, 4) is 0 Å². The average molecular weight is 588 g/mol. The number of hydrogen-bond acceptors (Lipinski definition) is 5. The molecule has 4 aromatic carbocycles. The van der Waals surface area contributed by atoms with Gasteiger partial charge in [0.05, 0.1) is 16.4 Å². The van der Waals surface area contributed by atoms with Gasteiger partial charge in [0.25, 0.3) is 15.8 Å². The van der Waals surface area contributed by atoms with Crippen molar-refractivity contribution in [2.75, 3.05) is 0 Å². The molecule has 4 aromatic rings. The van der Waals surface area contributed by atoms with Crippen molar-refractivity contribution in [3.05, 3.63) is 138 Å². The summed E-state index contributed by atoms with van der Waals surface area (Å²) in [7, 11) is -3.84. The average Bonchev–Trinajstić information content (AvgIpc) is 2.85. The molecule has 0 spiro atoms. The molecular formula is C26H23INO5S+. The van der Waals surface area contributed by atoms with E-state index in [-0.39, 0.29) is 38.4 Å². The Morgan fingerprint density at radius 1 is 0.765 bits per heavy atom. The van der Waals surface area contributed by atoms with E-state index < -0.39 is 15.0 Å². The number of hydrogen-bond donors (Lipinski definition) is 0. The lowest BCUT2D eigenvalue weighted by molar-refractivity contribution is -0.597. The number of nitro groups is 1. The van der Waals surface area contributed by atoms with E-state index in [0.717, 1.165) is 5.56 Å². The molecule has 0 atom stereocenters. The molecule has 0 saturated heterocycles. The maximum Gasteiger partial charge on any atom is 0.357 e. The number of halogens is 1. The highest BCUT2D eigenvalue weighted by Gasteiger charge is 2.15. The molecule has 0 bridgehead atoms. The molecule has 0 aromatic heterocycles. The first-order chi connectivity index (χ1) is 16.3. The van der Waals surface area contributed by atoms with Crippen LogP contribution < -0.4 is 21.2 Å². The fourth-order valence-corrected chi connectivity index (χ4v) is 5.88. The molecule has 0 aliphatic heterocycles. The molecule has 34 heavy (non-hydrogen) atoms. The van der Waals surface area contributed by atoms with Gasteiger partial charge in [0.2, 0.25) is 0 Å². The Morgan fingerprint density at radius 3 is 1.74 bits per heavy atom. The molecule has 6 nitrogen and oxygen atoms in total. The standard InChI is InChI=1S/C14H13NO5S.C12H10I/c1-11-2-8-14(9-3-11)21(18,19)20-10-12-4-6-13(7-5-12)15(16)17;1-3-7-11(8-4-1)13-12-9-5-2-6-10-12/h2-9H,10H2,1H3;1-10H/q;+1. The third-order valence-electron chi connectivity index (χ3n) is 4.52. The number of aryl methyl sites for hydroxylation is 1. The Labute approximate surface area is 209 Å². The highest BCUT2D eigenvalue weighted by Crippen LogP contribution is 2.17. The summed E-state index contributed by atoms with van der Waals surface area (Å²) in [5, 5.41) is 10.5. The fourth-order valence-electron chi connectivity index (χ4n) is 2.71. The quantitative estimate of drug-likeness (QED) is 0.144. The summed E-state index contributed by atoms with van der Waals surface area (Å²) < 4.78 is 31.8. The number of rotatable bonds is 7.